The maximum atomic E-state index is 5.62. The number of likely N-dealkylation sites (N-methyl/N-ethyl adjacent to an activating group) is 1. The van der Waals surface area contributed by atoms with E-state index in [1.165, 1.54) is 5.56 Å². The lowest BCUT2D eigenvalue weighted by molar-refractivity contribution is 0.359. The molecule has 0 bridgehead atoms. The Balaban J connectivity index is 2.27. The van der Waals surface area contributed by atoms with Crippen molar-refractivity contribution in [1.29, 1.82) is 0 Å². The summed E-state index contributed by atoms with van der Waals surface area (Å²) in [6.07, 6.45) is 4.75. The monoisotopic (exact) mass is 198 g/mol. The van der Waals surface area contributed by atoms with Gasteiger partial charge in [0.05, 0.1) is 0 Å². The molecule has 0 radical (unpaired) electrons. The van der Waals surface area contributed by atoms with E-state index in [9.17, 15) is 0 Å². The Morgan fingerprint density at radius 1 is 1.46 bits per heavy atom. The molecule has 3 heteroatoms. The Bertz CT molecular complexity index is 226. The molecule has 1 heterocycles. The third kappa shape index (κ3) is 4.25. The molecule has 0 amide bonds. The summed E-state index contributed by atoms with van der Waals surface area (Å²) in [6.45, 7) is 1.99. The second-order valence-electron chi connectivity index (χ2n) is 3.10. The molecule has 0 saturated carbocycles. The molecule has 0 aromatic carbocycles. The maximum Gasteiger partial charge on any atom is 0.0351 e. The summed E-state index contributed by atoms with van der Waals surface area (Å²) < 4.78 is 0. The third-order valence-corrected chi connectivity index (χ3v) is 2.14. The predicted molar refractivity (Wildman–Crippen MR) is 56.2 cm³/mol. The first-order valence-electron chi connectivity index (χ1n) is 4.46. The van der Waals surface area contributed by atoms with Gasteiger partial charge in [0.25, 0.3) is 0 Å². The molecule has 1 aromatic rings. The van der Waals surface area contributed by atoms with Gasteiger partial charge in [-0.2, -0.15) is 0 Å². The third-order valence-electron chi connectivity index (χ3n) is 1.97. The molecular formula is C10H15ClN2. The molecule has 0 spiro atoms. The number of rotatable bonds is 5. The van der Waals surface area contributed by atoms with Gasteiger partial charge in [0.2, 0.25) is 0 Å². The zero-order valence-corrected chi connectivity index (χ0v) is 8.67. The Morgan fingerprint density at radius 2 is 2.31 bits per heavy atom. The van der Waals surface area contributed by atoms with Crippen molar-refractivity contribution in [2.24, 2.45) is 0 Å². The van der Waals surface area contributed by atoms with Gasteiger partial charge in [-0.15, -0.1) is 11.6 Å². The van der Waals surface area contributed by atoms with Crippen LogP contribution < -0.4 is 0 Å². The van der Waals surface area contributed by atoms with Crippen LogP contribution >= 0.6 is 11.6 Å². The summed E-state index contributed by atoms with van der Waals surface area (Å²) in [5.74, 6) is 0.698. The van der Waals surface area contributed by atoms with Crippen LogP contribution in [0.4, 0.5) is 0 Å². The van der Waals surface area contributed by atoms with Crippen LogP contribution in [0.5, 0.6) is 0 Å². The van der Waals surface area contributed by atoms with Crippen LogP contribution in [0, 0.1) is 0 Å². The zero-order chi connectivity index (χ0) is 9.52. The summed E-state index contributed by atoms with van der Waals surface area (Å²) in [5, 5.41) is 0. The Labute approximate surface area is 84.5 Å². The quantitative estimate of drug-likeness (QED) is 0.671. The molecule has 0 atom stereocenters. The van der Waals surface area contributed by atoms with Gasteiger partial charge < -0.3 is 4.90 Å². The molecule has 0 saturated heterocycles. The van der Waals surface area contributed by atoms with Gasteiger partial charge in [0.1, 0.15) is 0 Å². The van der Waals surface area contributed by atoms with Crippen molar-refractivity contribution in [3.63, 3.8) is 0 Å². The van der Waals surface area contributed by atoms with Gasteiger partial charge in [0, 0.05) is 31.4 Å². The standard InChI is InChI=1S/C10H15ClN2/c1-13(8-5-11)7-4-10-3-2-6-12-9-10/h2-3,6,9H,4-5,7-8H2,1H3. The molecule has 72 valence electrons. The van der Waals surface area contributed by atoms with Crippen LogP contribution in [-0.2, 0) is 6.42 Å². The van der Waals surface area contributed by atoms with E-state index in [1.54, 1.807) is 6.20 Å². The van der Waals surface area contributed by atoms with Crippen molar-refractivity contribution in [2.75, 3.05) is 26.0 Å². The second kappa shape index (κ2) is 5.95. The predicted octanol–water partition coefficient (Wildman–Crippen LogP) is 1.79. The molecular weight excluding hydrogens is 184 g/mol. The van der Waals surface area contributed by atoms with Gasteiger partial charge >= 0.3 is 0 Å². The summed E-state index contributed by atoms with van der Waals surface area (Å²) in [6, 6.07) is 4.07. The van der Waals surface area contributed by atoms with Crippen LogP contribution in [0.2, 0.25) is 0 Å². The van der Waals surface area contributed by atoms with Crippen molar-refractivity contribution in [3.05, 3.63) is 30.1 Å². The number of hydrogen-bond acceptors (Lipinski definition) is 2. The summed E-state index contributed by atoms with van der Waals surface area (Å²) in [5.41, 5.74) is 1.28. The van der Waals surface area contributed by atoms with Crippen LogP contribution in [0.25, 0.3) is 0 Å². The molecule has 13 heavy (non-hydrogen) atoms. The van der Waals surface area contributed by atoms with E-state index in [0.29, 0.717) is 5.88 Å². The fourth-order valence-electron chi connectivity index (χ4n) is 1.12. The number of hydrogen-bond donors (Lipinski definition) is 0. The van der Waals surface area contributed by atoms with Crippen molar-refractivity contribution in [3.8, 4) is 0 Å². The largest absolute Gasteiger partial charge is 0.305 e. The van der Waals surface area contributed by atoms with Crippen molar-refractivity contribution < 1.29 is 0 Å². The Kier molecular flexibility index (Phi) is 4.79. The maximum absolute atomic E-state index is 5.62. The van der Waals surface area contributed by atoms with Gasteiger partial charge in [-0.3, -0.25) is 4.98 Å². The molecule has 0 aliphatic carbocycles. The molecule has 0 N–H and O–H groups in total. The van der Waals surface area contributed by atoms with E-state index in [4.69, 9.17) is 11.6 Å². The number of pyridine rings is 1. The highest BCUT2D eigenvalue weighted by Gasteiger charge is 1.97. The van der Waals surface area contributed by atoms with E-state index in [1.807, 2.05) is 12.3 Å². The zero-order valence-electron chi connectivity index (χ0n) is 7.91. The smallest absolute Gasteiger partial charge is 0.0351 e. The first-order valence-corrected chi connectivity index (χ1v) is 5.00. The molecule has 0 aliphatic heterocycles. The number of alkyl halides is 1. The second-order valence-corrected chi connectivity index (χ2v) is 3.48. The highest BCUT2D eigenvalue weighted by molar-refractivity contribution is 6.18. The van der Waals surface area contributed by atoms with Crippen molar-refractivity contribution in [2.45, 2.75) is 6.42 Å². The fraction of sp³-hybridized carbons (Fsp3) is 0.500. The first-order chi connectivity index (χ1) is 6.33. The number of halogens is 1. The molecule has 0 aliphatic rings. The molecule has 0 fully saturated rings. The average Bonchev–Trinajstić information content (AvgIpc) is 2.17. The molecule has 2 nitrogen and oxygen atoms in total. The molecule has 0 unspecified atom stereocenters. The Hall–Kier alpha value is -0.600. The molecule has 1 rings (SSSR count). The van der Waals surface area contributed by atoms with Crippen molar-refractivity contribution in [1.82, 2.24) is 9.88 Å². The summed E-state index contributed by atoms with van der Waals surface area (Å²) in [4.78, 5) is 6.29. The van der Waals surface area contributed by atoms with Crippen LogP contribution in [0.3, 0.4) is 0 Å². The molecule has 1 aromatic heterocycles. The minimum Gasteiger partial charge on any atom is -0.305 e. The van der Waals surface area contributed by atoms with E-state index in [2.05, 4.69) is 23.0 Å². The lowest BCUT2D eigenvalue weighted by Crippen LogP contribution is -2.23. The minimum absolute atomic E-state index is 0.698. The number of nitrogens with zero attached hydrogens (tertiary/aromatic N) is 2. The van der Waals surface area contributed by atoms with Crippen LogP contribution in [0.1, 0.15) is 5.56 Å². The van der Waals surface area contributed by atoms with Gasteiger partial charge in [0.15, 0.2) is 0 Å². The average molecular weight is 199 g/mol. The highest BCUT2D eigenvalue weighted by atomic mass is 35.5. The topological polar surface area (TPSA) is 16.1 Å². The first kappa shape index (κ1) is 10.5. The van der Waals surface area contributed by atoms with Gasteiger partial charge in [-0.25, -0.2) is 0 Å². The van der Waals surface area contributed by atoms with Gasteiger partial charge in [-0.1, -0.05) is 6.07 Å². The lowest BCUT2D eigenvalue weighted by Gasteiger charge is -2.14. The Morgan fingerprint density at radius 3 is 2.92 bits per heavy atom. The SMILES string of the molecule is CN(CCCl)CCc1cccnc1. The highest BCUT2D eigenvalue weighted by Crippen LogP contribution is 1.98. The lowest BCUT2D eigenvalue weighted by atomic mass is 10.2. The summed E-state index contributed by atoms with van der Waals surface area (Å²) >= 11 is 5.62. The summed E-state index contributed by atoms with van der Waals surface area (Å²) in [7, 11) is 2.08. The van der Waals surface area contributed by atoms with E-state index < -0.39 is 0 Å². The fourth-order valence-corrected chi connectivity index (χ4v) is 1.41. The van der Waals surface area contributed by atoms with E-state index in [0.717, 1.165) is 19.5 Å². The number of aromatic nitrogens is 1. The van der Waals surface area contributed by atoms with Gasteiger partial charge in [-0.05, 0) is 25.1 Å². The van der Waals surface area contributed by atoms with Crippen LogP contribution in [0.15, 0.2) is 24.5 Å². The van der Waals surface area contributed by atoms with E-state index in [-0.39, 0.29) is 0 Å². The van der Waals surface area contributed by atoms with Crippen LogP contribution in [-0.4, -0.2) is 35.9 Å². The minimum atomic E-state index is 0.698. The normalized spacial score (nSPS) is 10.7. The van der Waals surface area contributed by atoms with E-state index >= 15 is 0 Å². The van der Waals surface area contributed by atoms with Crippen molar-refractivity contribution >= 4 is 11.6 Å².